The number of alkyl halides is 3. The van der Waals surface area contributed by atoms with Crippen LogP contribution in [0, 0.1) is 5.82 Å². The molecule has 0 radical (unpaired) electrons. The van der Waals surface area contributed by atoms with Gasteiger partial charge in [-0.2, -0.15) is 13.2 Å². The van der Waals surface area contributed by atoms with Crippen LogP contribution in [0.3, 0.4) is 0 Å². The van der Waals surface area contributed by atoms with E-state index in [0.717, 1.165) is 12.1 Å². The van der Waals surface area contributed by atoms with E-state index >= 15 is 0 Å². The third-order valence-corrected chi connectivity index (χ3v) is 4.01. The summed E-state index contributed by atoms with van der Waals surface area (Å²) in [5.74, 6) is -0.845. The summed E-state index contributed by atoms with van der Waals surface area (Å²) in [7, 11) is 1.50. The van der Waals surface area contributed by atoms with Gasteiger partial charge >= 0.3 is 6.18 Å². The van der Waals surface area contributed by atoms with Crippen LogP contribution in [0.15, 0.2) is 36.5 Å². The Balaban J connectivity index is 1.94. The molecule has 2 aromatic heterocycles. The lowest BCUT2D eigenvalue weighted by molar-refractivity contribution is -0.137. The smallest absolute Gasteiger partial charge is 0.417 e. The van der Waals surface area contributed by atoms with E-state index < -0.39 is 23.7 Å². The number of pyridine rings is 1. The summed E-state index contributed by atoms with van der Waals surface area (Å²) < 4.78 is 60.4. The van der Waals surface area contributed by atoms with Gasteiger partial charge in [-0.1, -0.05) is 29.8 Å². The summed E-state index contributed by atoms with van der Waals surface area (Å²) in [6.07, 6.45) is -4.15. The number of rotatable bonds is 4. The number of aromatic nitrogens is 4. The Kier molecular flexibility index (Phi) is 5.05. The van der Waals surface area contributed by atoms with E-state index in [0.29, 0.717) is 0 Å². The molecule has 3 rings (SSSR count). The SMILES string of the molecule is C[C@H](Oc1ncc(Cl)cc1F)c1nnc(-c2ccccc2C(F)(F)F)n1C. The highest BCUT2D eigenvalue weighted by Crippen LogP contribution is 2.36. The summed E-state index contributed by atoms with van der Waals surface area (Å²) >= 11 is 5.64. The van der Waals surface area contributed by atoms with Gasteiger partial charge in [0.15, 0.2) is 23.6 Å². The molecule has 0 spiro atoms. The molecule has 142 valence electrons. The molecule has 1 atom stereocenters. The molecular formula is C17H13ClF4N4O. The summed E-state index contributed by atoms with van der Waals surface area (Å²) in [5, 5.41) is 7.87. The molecule has 3 aromatic rings. The lowest BCUT2D eigenvalue weighted by atomic mass is 10.1. The first-order valence-electron chi connectivity index (χ1n) is 7.72. The zero-order valence-corrected chi connectivity index (χ0v) is 14.9. The lowest BCUT2D eigenvalue weighted by Crippen LogP contribution is -2.12. The first kappa shape index (κ1) is 19.1. The normalized spacial score (nSPS) is 12.9. The van der Waals surface area contributed by atoms with Crippen molar-refractivity contribution < 1.29 is 22.3 Å². The van der Waals surface area contributed by atoms with Gasteiger partial charge in [0, 0.05) is 18.8 Å². The Bertz CT molecular complexity index is 974. The molecule has 0 aliphatic carbocycles. The van der Waals surface area contributed by atoms with Crippen LogP contribution in [0.4, 0.5) is 17.6 Å². The van der Waals surface area contributed by atoms with Gasteiger partial charge in [0.05, 0.1) is 10.6 Å². The van der Waals surface area contributed by atoms with Gasteiger partial charge < -0.3 is 9.30 Å². The average Bonchev–Trinajstić information content (AvgIpc) is 2.98. The van der Waals surface area contributed by atoms with Crippen LogP contribution in [0.1, 0.15) is 24.4 Å². The van der Waals surface area contributed by atoms with E-state index in [9.17, 15) is 17.6 Å². The van der Waals surface area contributed by atoms with Gasteiger partial charge in [0.1, 0.15) is 0 Å². The fourth-order valence-electron chi connectivity index (χ4n) is 2.56. The minimum absolute atomic E-state index is 0.0120. The van der Waals surface area contributed by atoms with Crippen LogP contribution in [0.25, 0.3) is 11.4 Å². The maximum absolute atomic E-state index is 13.8. The number of benzene rings is 1. The number of ether oxygens (including phenoxy) is 1. The van der Waals surface area contributed by atoms with Gasteiger partial charge in [-0.15, -0.1) is 10.2 Å². The standard InChI is InChI=1S/C17H13ClF4N4O/c1-9(27-16-13(19)7-10(18)8-23-16)14-24-25-15(26(14)2)11-5-3-4-6-12(11)17(20,21)22/h3-9H,1-2H3/t9-/m0/s1. The second kappa shape index (κ2) is 7.15. The molecule has 0 bridgehead atoms. The molecule has 5 nitrogen and oxygen atoms in total. The third-order valence-electron chi connectivity index (χ3n) is 3.81. The first-order valence-corrected chi connectivity index (χ1v) is 8.10. The van der Waals surface area contributed by atoms with Crippen molar-refractivity contribution in [3.8, 4) is 17.3 Å². The fourth-order valence-corrected chi connectivity index (χ4v) is 2.71. The highest BCUT2D eigenvalue weighted by atomic mass is 35.5. The molecular weight excluding hydrogens is 388 g/mol. The minimum Gasteiger partial charge on any atom is -0.464 e. The van der Waals surface area contributed by atoms with Crippen molar-refractivity contribution in [2.24, 2.45) is 7.05 Å². The lowest BCUT2D eigenvalue weighted by Gasteiger charge is -2.15. The number of nitrogens with zero attached hydrogens (tertiary/aromatic N) is 4. The van der Waals surface area contributed by atoms with Crippen LogP contribution in [0.2, 0.25) is 5.02 Å². The van der Waals surface area contributed by atoms with Crippen LogP contribution >= 0.6 is 11.6 Å². The summed E-state index contributed by atoms with van der Waals surface area (Å²) in [4.78, 5) is 3.75. The minimum atomic E-state index is -4.54. The summed E-state index contributed by atoms with van der Waals surface area (Å²) in [6.45, 7) is 1.55. The van der Waals surface area contributed by atoms with E-state index in [-0.39, 0.29) is 28.1 Å². The van der Waals surface area contributed by atoms with Gasteiger partial charge in [0.2, 0.25) is 0 Å². The van der Waals surface area contributed by atoms with Crippen molar-refractivity contribution in [2.45, 2.75) is 19.2 Å². The van der Waals surface area contributed by atoms with E-state index in [4.69, 9.17) is 16.3 Å². The topological polar surface area (TPSA) is 52.8 Å². The van der Waals surface area contributed by atoms with Crippen LogP contribution < -0.4 is 4.74 Å². The monoisotopic (exact) mass is 400 g/mol. The van der Waals surface area contributed by atoms with Crippen LogP contribution in [-0.4, -0.2) is 19.7 Å². The number of hydrogen-bond donors (Lipinski definition) is 0. The molecule has 0 fully saturated rings. The largest absolute Gasteiger partial charge is 0.464 e. The Morgan fingerprint density at radius 1 is 1.19 bits per heavy atom. The second-order valence-electron chi connectivity index (χ2n) is 5.68. The van der Waals surface area contributed by atoms with Gasteiger partial charge in [-0.3, -0.25) is 0 Å². The summed E-state index contributed by atoms with van der Waals surface area (Å²) in [5.41, 5.74) is -0.944. The molecule has 0 saturated heterocycles. The molecule has 2 heterocycles. The van der Waals surface area contributed by atoms with Gasteiger partial charge in [-0.05, 0) is 19.1 Å². The van der Waals surface area contributed by atoms with Gasteiger partial charge in [-0.25, -0.2) is 9.37 Å². The number of hydrogen-bond acceptors (Lipinski definition) is 4. The Morgan fingerprint density at radius 3 is 2.56 bits per heavy atom. The molecule has 0 aliphatic heterocycles. The molecule has 0 saturated carbocycles. The number of halogens is 5. The van der Waals surface area contributed by atoms with Crippen molar-refractivity contribution in [2.75, 3.05) is 0 Å². The van der Waals surface area contributed by atoms with Crippen molar-refractivity contribution >= 4 is 11.6 Å². The van der Waals surface area contributed by atoms with Crippen LogP contribution in [0.5, 0.6) is 5.88 Å². The van der Waals surface area contributed by atoms with E-state index in [2.05, 4.69) is 15.2 Å². The first-order chi connectivity index (χ1) is 12.7. The van der Waals surface area contributed by atoms with Crippen LogP contribution in [-0.2, 0) is 13.2 Å². The van der Waals surface area contributed by atoms with Crippen molar-refractivity contribution in [1.29, 1.82) is 0 Å². The maximum Gasteiger partial charge on any atom is 0.417 e. The fraction of sp³-hybridized carbons (Fsp3) is 0.235. The van der Waals surface area contributed by atoms with Gasteiger partial charge in [0.25, 0.3) is 5.88 Å². The van der Waals surface area contributed by atoms with Crippen molar-refractivity contribution in [1.82, 2.24) is 19.7 Å². The maximum atomic E-state index is 13.8. The summed E-state index contributed by atoms with van der Waals surface area (Å²) in [6, 6.07) is 6.09. The molecule has 27 heavy (non-hydrogen) atoms. The molecule has 0 amide bonds. The molecule has 0 unspecified atom stereocenters. The van der Waals surface area contributed by atoms with Crippen molar-refractivity contribution in [3.63, 3.8) is 0 Å². The zero-order chi connectivity index (χ0) is 19.8. The predicted molar refractivity (Wildman–Crippen MR) is 89.7 cm³/mol. The van der Waals surface area contributed by atoms with E-state index in [1.807, 2.05) is 0 Å². The van der Waals surface area contributed by atoms with Crippen molar-refractivity contribution in [3.05, 3.63) is 58.8 Å². The zero-order valence-electron chi connectivity index (χ0n) is 14.1. The molecule has 0 N–H and O–H groups in total. The molecule has 10 heteroatoms. The Labute approximate surface area is 156 Å². The van der Waals surface area contributed by atoms with E-state index in [1.54, 1.807) is 6.92 Å². The molecule has 1 aromatic carbocycles. The Hall–Kier alpha value is -2.68. The highest BCUT2D eigenvalue weighted by Gasteiger charge is 2.35. The highest BCUT2D eigenvalue weighted by molar-refractivity contribution is 6.30. The molecule has 0 aliphatic rings. The Morgan fingerprint density at radius 2 is 1.89 bits per heavy atom. The quantitative estimate of drug-likeness (QED) is 0.589. The second-order valence-corrected chi connectivity index (χ2v) is 6.12. The third kappa shape index (κ3) is 3.87. The van der Waals surface area contributed by atoms with E-state index in [1.165, 1.54) is 36.0 Å². The average molecular weight is 401 g/mol. The predicted octanol–water partition coefficient (Wildman–Crippen LogP) is 4.83.